The van der Waals surface area contributed by atoms with Gasteiger partial charge in [0.25, 0.3) is 0 Å². The molecule has 3 fully saturated rings. The average molecular weight is 427 g/mol. The van der Waals surface area contributed by atoms with Crippen molar-refractivity contribution in [1.82, 2.24) is 0 Å². The molecule has 0 saturated heterocycles. The molecule has 1 aromatic rings. The summed E-state index contributed by atoms with van der Waals surface area (Å²) in [6, 6.07) is 5.18. The van der Waals surface area contributed by atoms with Gasteiger partial charge in [-0.05, 0) is 93.7 Å². The Labute approximate surface area is 191 Å². The fourth-order valence-electron chi connectivity index (χ4n) is 6.24. The molecule has 0 bridgehead atoms. The molecule has 174 valence electrons. The minimum Gasteiger partial charge on any atom is -0.467 e. The molecule has 0 atom stereocenters. The quantitative estimate of drug-likeness (QED) is 0.422. The maximum Gasteiger partial charge on any atom is 0.189 e. The average Bonchev–Trinajstić information content (AvgIpc) is 2.80. The van der Waals surface area contributed by atoms with Gasteiger partial charge in [-0.1, -0.05) is 69.9 Å². The second kappa shape index (κ2) is 10.7. The smallest absolute Gasteiger partial charge is 0.189 e. The van der Waals surface area contributed by atoms with Crippen molar-refractivity contribution in [2.24, 2.45) is 0 Å². The van der Waals surface area contributed by atoms with Crippen LogP contribution in [-0.4, -0.2) is 12.4 Å². The molecule has 0 aliphatic heterocycles. The molecule has 0 N–H and O–H groups in total. The van der Waals surface area contributed by atoms with E-state index >= 15 is 0 Å². The standard InChI is InChI=1S/C29H46O2/c1-29(2,3)31-21-30-28-26(23-15-9-5-10-16-23)19-25(22-13-7-4-8-14-22)20-27(28)24-17-11-6-12-18-24/h19-20,22-24H,4-18,21H2,1-3H3. The van der Waals surface area contributed by atoms with Crippen LogP contribution in [0.2, 0.25) is 0 Å². The van der Waals surface area contributed by atoms with Crippen LogP contribution in [-0.2, 0) is 4.74 Å². The Bertz CT molecular complexity index is 644. The summed E-state index contributed by atoms with van der Waals surface area (Å²) in [7, 11) is 0. The molecule has 3 aliphatic rings. The molecule has 0 aromatic heterocycles. The molecule has 3 saturated carbocycles. The number of hydrogen-bond acceptors (Lipinski definition) is 2. The third-order valence-corrected chi connectivity index (χ3v) is 8.03. The van der Waals surface area contributed by atoms with Crippen LogP contribution in [0.25, 0.3) is 0 Å². The van der Waals surface area contributed by atoms with Crippen LogP contribution in [0.4, 0.5) is 0 Å². The topological polar surface area (TPSA) is 18.5 Å². The Morgan fingerprint density at radius 1 is 0.645 bits per heavy atom. The van der Waals surface area contributed by atoms with E-state index in [2.05, 4.69) is 32.9 Å². The van der Waals surface area contributed by atoms with Gasteiger partial charge < -0.3 is 9.47 Å². The molecule has 3 aliphatic carbocycles. The van der Waals surface area contributed by atoms with Crippen molar-refractivity contribution in [2.75, 3.05) is 6.79 Å². The van der Waals surface area contributed by atoms with Crippen LogP contribution in [0.15, 0.2) is 12.1 Å². The van der Waals surface area contributed by atoms with Crippen molar-refractivity contribution in [3.8, 4) is 5.75 Å². The zero-order valence-corrected chi connectivity index (χ0v) is 20.5. The third kappa shape index (κ3) is 6.28. The molecule has 1 aromatic carbocycles. The zero-order valence-electron chi connectivity index (χ0n) is 20.5. The van der Waals surface area contributed by atoms with Crippen LogP contribution < -0.4 is 4.74 Å². The largest absolute Gasteiger partial charge is 0.467 e. The minimum absolute atomic E-state index is 0.169. The Morgan fingerprint density at radius 2 is 1.06 bits per heavy atom. The normalized spacial score (nSPS) is 22.5. The fraction of sp³-hybridized carbons (Fsp3) is 0.793. The molecule has 0 radical (unpaired) electrons. The van der Waals surface area contributed by atoms with Gasteiger partial charge in [0.2, 0.25) is 0 Å². The van der Waals surface area contributed by atoms with Crippen LogP contribution in [0.3, 0.4) is 0 Å². The van der Waals surface area contributed by atoms with Gasteiger partial charge in [0.15, 0.2) is 6.79 Å². The summed E-state index contributed by atoms with van der Waals surface area (Å²) in [6.07, 6.45) is 20.6. The lowest BCUT2D eigenvalue weighted by molar-refractivity contribution is -0.0766. The van der Waals surface area contributed by atoms with Gasteiger partial charge in [-0.15, -0.1) is 0 Å². The summed E-state index contributed by atoms with van der Waals surface area (Å²) in [5.74, 6) is 3.31. The second-order valence-corrected chi connectivity index (χ2v) is 11.6. The molecule has 0 spiro atoms. The SMILES string of the molecule is CC(C)(C)OCOc1c(C2CCCCC2)cc(C2CCCCC2)cc1C1CCCCC1. The van der Waals surface area contributed by atoms with E-state index in [1.54, 1.807) is 5.56 Å². The van der Waals surface area contributed by atoms with E-state index in [0.717, 1.165) is 5.92 Å². The number of benzene rings is 1. The highest BCUT2D eigenvalue weighted by molar-refractivity contribution is 5.49. The first-order valence-electron chi connectivity index (χ1n) is 13.5. The molecule has 4 rings (SSSR count). The lowest BCUT2D eigenvalue weighted by Crippen LogP contribution is -2.23. The Balaban J connectivity index is 1.71. The zero-order chi connectivity index (χ0) is 21.7. The molecule has 2 nitrogen and oxygen atoms in total. The molecular weight excluding hydrogens is 380 g/mol. The van der Waals surface area contributed by atoms with Crippen molar-refractivity contribution in [2.45, 2.75) is 140 Å². The number of rotatable bonds is 6. The first kappa shape index (κ1) is 23.1. The summed E-state index contributed by atoms with van der Waals surface area (Å²) in [5, 5.41) is 0. The van der Waals surface area contributed by atoms with E-state index in [1.807, 2.05) is 0 Å². The first-order valence-corrected chi connectivity index (χ1v) is 13.5. The molecule has 0 unspecified atom stereocenters. The van der Waals surface area contributed by atoms with Crippen molar-refractivity contribution < 1.29 is 9.47 Å². The second-order valence-electron chi connectivity index (χ2n) is 11.6. The Morgan fingerprint density at radius 3 is 1.48 bits per heavy atom. The summed E-state index contributed by atoms with van der Waals surface area (Å²) < 4.78 is 12.6. The molecule has 0 heterocycles. The van der Waals surface area contributed by atoms with Crippen LogP contribution in [0.1, 0.15) is 152 Å². The summed E-state index contributed by atoms with van der Waals surface area (Å²) >= 11 is 0. The van der Waals surface area contributed by atoms with Crippen molar-refractivity contribution in [1.29, 1.82) is 0 Å². The predicted octanol–water partition coefficient (Wildman–Crippen LogP) is 8.98. The molecule has 0 amide bonds. The van der Waals surface area contributed by atoms with E-state index in [4.69, 9.17) is 9.47 Å². The van der Waals surface area contributed by atoms with Crippen molar-refractivity contribution in [3.63, 3.8) is 0 Å². The highest BCUT2D eigenvalue weighted by atomic mass is 16.7. The first-order chi connectivity index (χ1) is 15.0. The van der Waals surface area contributed by atoms with E-state index in [1.165, 1.54) is 113 Å². The van der Waals surface area contributed by atoms with E-state index in [9.17, 15) is 0 Å². The lowest BCUT2D eigenvalue weighted by atomic mass is 9.75. The van der Waals surface area contributed by atoms with Crippen molar-refractivity contribution >= 4 is 0 Å². The van der Waals surface area contributed by atoms with Gasteiger partial charge in [-0.2, -0.15) is 0 Å². The van der Waals surface area contributed by atoms with Gasteiger partial charge in [-0.25, -0.2) is 0 Å². The van der Waals surface area contributed by atoms with E-state index in [0.29, 0.717) is 18.6 Å². The summed E-state index contributed by atoms with van der Waals surface area (Å²) in [6.45, 7) is 6.72. The van der Waals surface area contributed by atoms with Crippen LogP contribution in [0, 0.1) is 0 Å². The Hall–Kier alpha value is -1.02. The maximum absolute atomic E-state index is 6.57. The van der Waals surface area contributed by atoms with Gasteiger partial charge in [0.1, 0.15) is 5.75 Å². The van der Waals surface area contributed by atoms with E-state index in [-0.39, 0.29) is 5.60 Å². The monoisotopic (exact) mass is 426 g/mol. The predicted molar refractivity (Wildman–Crippen MR) is 130 cm³/mol. The maximum atomic E-state index is 6.57. The van der Waals surface area contributed by atoms with Crippen LogP contribution >= 0.6 is 0 Å². The highest BCUT2D eigenvalue weighted by Crippen LogP contribution is 2.47. The van der Waals surface area contributed by atoms with Crippen LogP contribution in [0.5, 0.6) is 5.75 Å². The fourth-order valence-corrected chi connectivity index (χ4v) is 6.24. The number of ether oxygens (including phenoxy) is 2. The Kier molecular flexibility index (Phi) is 8.01. The molecular formula is C29H46O2. The summed E-state index contributed by atoms with van der Waals surface area (Å²) in [4.78, 5) is 0. The van der Waals surface area contributed by atoms with Gasteiger partial charge in [-0.3, -0.25) is 0 Å². The molecule has 31 heavy (non-hydrogen) atoms. The highest BCUT2D eigenvalue weighted by Gasteiger charge is 2.29. The summed E-state index contributed by atoms with van der Waals surface area (Å²) in [5.41, 5.74) is 4.52. The lowest BCUT2D eigenvalue weighted by Gasteiger charge is -2.32. The van der Waals surface area contributed by atoms with E-state index < -0.39 is 0 Å². The number of hydrogen-bond donors (Lipinski definition) is 0. The third-order valence-electron chi connectivity index (χ3n) is 8.03. The molecule has 2 heteroatoms. The van der Waals surface area contributed by atoms with Gasteiger partial charge in [0.05, 0.1) is 5.60 Å². The van der Waals surface area contributed by atoms with Gasteiger partial charge >= 0.3 is 0 Å². The van der Waals surface area contributed by atoms with Gasteiger partial charge in [0, 0.05) is 0 Å². The van der Waals surface area contributed by atoms with Crippen molar-refractivity contribution in [3.05, 3.63) is 28.8 Å². The minimum atomic E-state index is -0.169.